The number of nitrogens with one attached hydrogen (secondary N) is 2. The molecule has 110 valence electrons. The summed E-state index contributed by atoms with van der Waals surface area (Å²) in [7, 11) is 0. The molecule has 1 aromatic carbocycles. The van der Waals surface area contributed by atoms with Crippen LogP contribution in [0.4, 0.5) is 14.5 Å². The predicted molar refractivity (Wildman–Crippen MR) is 80.4 cm³/mol. The van der Waals surface area contributed by atoms with Gasteiger partial charge in [0.2, 0.25) is 5.56 Å². The van der Waals surface area contributed by atoms with Gasteiger partial charge in [0.05, 0.1) is 11.7 Å². The second kappa shape index (κ2) is 5.60. The van der Waals surface area contributed by atoms with Crippen molar-refractivity contribution in [1.29, 1.82) is 0 Å². The van der Waals surface area contributed by atoms with Gasteiger partial charge < -0.3 is 10.3 Å². The van der Waals surface area contributed by atoms with Gasteiger partial charge in [0.15, 0.2) is 0 Å². The number of hydrogen-bond acceptors (Lipinski definition) is 2. The van der Waals surface area contributed by atoms with Crippen LogP contribution in [0.2, 0.25) is 0 Å². The van der Waals surface area contributed by atoms with Crippen molar-refractivity contribution < 1.29 is 8.78 Å². The zero-order chi connectivity index (χ0) is 15.0. The second-order valence-corrected chi connectivity index (χ2v) is 5.94. The van der Waals surface area contributed by atoms with Crippen LogP contribution in [0.25, 0.3) is 0 Å². The summed E-state index contributed by atoms with van der Waals surface area (Å²) in [6, 6.07) is 5.20. The zero-order valence-electron chi connectivity index (χ0n) is 11.1. The summed E-state index contributed by atoms with van der Waals surface area (Å²) < 4.78 is 27.4. The van der Waals surface area contributed by atoms with Crippen LogP contribution in [0.15, 0.2) is 33.5 Å². The van der Waals surface area contributed by atoms with Gasteiger partial charge in [-0.25, -0.2) is 8.78 Å². The molecule has 0 fully saturated rings. The highest BCUT2D eigenvalue weighted by Crippen LogP contribution is 2.35. The van der Waals surface area contributed by atoms with Gasteiger partial charge in [-0.1, -0.05) is 0 Å². The number of aromatic amines is 1. The van der Waals surface area contributed by atoms with E-state index in [9.17, 15) is 13.6 Å². The fourth-order valence-corrected chi connectivity index (χ4v) is 3.23. The minimum atomic E-state index is -0.640. The monoisotopic (exact) mass is 354 g/mol. The molecule has 0 saturated carbocycles. The molecule has 0 amide bonds. The number of anilines is 1. The van der Waals surface area contributed by atoms with E-state index in [4.69, 9.17) is 0 Å². The zero-order valence-corrected chi connectivity index (χ0v) is 12.6. The van der Waals surface area contributed by atoms with Crippen LogP contribution < -0.4 is 10.9 Å². The summed E-state index contributed by atoms with van der Waals surface area (Å²) in [5.74, 6) is -1.27. The first-order valence-corrected chi connectivity index (χ1v) is 7.47. The number of benzene rings is 1. The number of pyridine rings is 1. The lowest BCUT2D eigenvalue weighted by Crippen LogP contribution is -2.22. The molecule has 1 aliphatic rings. The van der Waals surface area contributed by atoms with Crippen molar-refractivity contribution in [1.82, 2.24) is 4.98 Å². The Bertz CT molecular complexity index is 722. The van der Waals surface area contributed by atoms with E-state index in [1.54, 1.807) is 6.07 Å². The van der Waals surface area contributed by atoms with Gasteiger partial charge in [-0.3, -0.25) is 4.79 Å². The molecule has 21 heavy (non-hydrogen) atoms. The third-order valence-electron chi connectivity index (χ3n) is 3.66. The molecule has 0 spiro atoms. The summed E-state index contributed by atoms with van der Waals surface area (Å²) >= 11 is 3.18. The molecule has 0 bridgehead atoms. The molecular weight excluding hydrogens is 342 g/mol. The molecule has 0 radical (unpaired) electrons. The SMILES string of the molecule is O=c1ccc2c([nH]1)CCCC2Nc1c(F)cc(F)cc1Br. The minimum absolute atomic E-state index is 0.109. The number of H-pyrrole nitrogens is 1. The van der Waals surface area contributed by atoms with E-state index < -0.39 is 11.6 Å². The Morgan fingerprint density at radius 3 is 2.86 bits per heavy atom. The quantitative estimate of drug-likeness (QED) is 0.858. The number of aromatic nitrogens is 1. The smallest absolute Gasteiger partial charge is 0.248 e. The minimum Gasteiger partial charge on any atom is -0.375 e. The van der Waals surface area contributed by atoms with Gasteiger partial charge in [0, 0.05) is 22.3 Å². The lowest BCUT2D eigenvalue weighted by Gasteiger charge is -2.27. The van der Waals surface area contributed by atoms with Crippen molar-refractivity contribution in [3.63, 3.8) is 0 Å². The van der Waals surface area contributed by atoms with Gasteiger partial charge >= 0.3 is 0 Å². The summed E-state index contributed by atoms with van der Waals surface area (Å²) in [6.07, 6.45) is 2.52. The highest BCUT2D eigenvalue weighted by molar-refractivity contribution is 9.10. The first-order chi connectivity index (χ1) is 10.0. The lowest BCUT2D eigenvalue weighted by molar-refractivity contribution is 0.565. The first kappa shape index (κ1) is 14.3. The highest BCUT2D eigenvalue weighted by atomic mass is 79.9. The maximum absolute atomic E-state index is 13.9. The molecule has 3 rings (SSSR count). The summed E-state index contributed by atoms with van der Waals surface area (Å²) in [5.41, 5.74) is 1.94. The average molecular weight is 355 g/mol. The van der Waals surface area contributed by atoms with Crippen LogP contribution in [0, 0.1) is 11.6 Å². The van der Waals surface area contributed by atoms with Gasteiger partial charge in [0.25, 0.3) is 0 Å². The number of hydrogen-bond donors (Lipinski definition) is 2. The van der Waals surface area contributed by atoms with E-state index in [0.29, 0.717) is 4.47 Å². The number of halogens is 3. The van der Waals surface area contributed by atoms with Gasteiger partial charge in [0.1, 0.15) is 11.6 Å². The topological polar surface area (TPSA) is 44.9 Å². The Labute approximate surface area is 128 Å². The molecular formula is C15H13BrF2N2O. The fourth-order valence-electron chi connectivity index (χ4n) is 2.70. The largest absolute Gasteiger partial charge is 0.375 e. The molecule has 3 nitrogen and oxygen atoms in total. The molecule has 6 heteroatoms. The molecule has 1 aliphatic carbocycles. The third-order valence-corrected chi connectivity index (χ3v) is 4.28. The van der Waals surface area contributed by atoms with Gasteiger partial charge in [-0.05, 0) is 52.9 Å². The van der Waals surface area contributed by atoms with E-state index in [0.717, 1.165) is 36.6 Å². The molecule has 1 unspecified atom stereocenters. The van der Waals surface area contributed by atoms with Crippen molar-refractivity contribution >= 4 is 21.6 Å². The van der Waals surface area contributed by atoms with Crippen molar-refractivity contribution in [3.05, 3.63) is 62.0 Å². The first-order valence-electron chi connectivity index (χ1n) is 6.68. The average Bonchev–Trinajstić information content (AvgIpc) is 2.42. The molecule has 1 heterocycles. The van der Waals surface area contributed by atoms with Gasteiger partial charge in [-0.15, -0.1) is 0 Å². The van der Waals surface area contributed by atoms with Crippen LogP contribution in [0.1, 0.15) is 30.1 Å². The van der Waals surface area contributed by atoms with Crippen molar-refractivity contribution in [2.24, 2.45) is 0 Å². The predicted octanol–water partition coefficient (Wildman–Crippen LogP) is 3.91. The summed E-state index contributed by atoms with van der Waals surface area (Å²) in [4.78, 5) is 14.2. The number of aryl methyl sites for hydroxylation is 1. The van der Waals surface area contributed by atoms with E-state index in [2.05, 4.69) is 26.2 Å². The standard InChI is InChI=1S/C15H13BrF2N2O/c16-10-6-8(17)7-11(18)15(10)20-13-3-1-2-12-9(13)4-5-14(21)19-12/h4-7,13,20H,1-3H2,(H,19,21). The Hall–Kier alpha value is -1.69. The van der Waals surface area contributed by atoms with E-state index in [-0.39, 0.29) is 17.3 Å². The number of rotatable bonds is 2. The lowest BCUT2D eigenvalue weighted by atomic mass is 9.91. The normalized spacial score (nSPS) is 17.4. The Morgan fingerprint density at radius 2 is 2.10 bits per heavy atom. The van der Waals surface area contributed by atoms with Crippen LogP contribution in [0.5, 0.6) is 0 Å². The number of fused-ring (bicyclic) bond motifs is 1. The van der Waals surface area contributed by atoms with Crippen LogP contribution in [-0.2, 0) is 6.42 Å². The van der Waals surface area contributed by atoms with Crippen LogP contribution in [0.3, 0.4) is 0 Å². The third kappa shape index (κ3) is 2.85. The van der Waals surface area contributed by atoms with Crippen molar-refractivity contribution in [2.45, 2.75) is 25.3 Å². The Kier molecular flexibility index (Phi) is 3.80. The maximum Gasteiger partial charge on any atom is 0.248 e. The highest BCUT2D eigenvalue weighted by Gasteiger charge is 2.22. The molecule has 1 aromatic heterocycles. The molecule has 2 aromatic rings. The second-order valence-electron chi connectivity index (χ2n) is 5.09. The van der Waals surface area contributed by atoms with Gasteiger partial charge in [-0.2, -0.15) is 0 Å². The molecule has 1 atom stereocenters. The summed E-state index contributed by atoms with van der Waals surface area (Å²) in [6.45, 7) is 0. The fraction of sp³-hybridized carbons (Fsp3) is 0.267. The van der Waals surface area contributed by atoms with Crippen molar-refractivity contribution in [3.8, 4) is 0 Å². The molecule has 2 N–H and O–H groups in total. The van der Waals surface area contributed by atoms with Crippen molar-refractivity contribution in [2.75, 3.05) is 5.32 Å². The van der Waals surface area contributed by atoms with E-state index in [1.807, 2.05) is 0 Å². The van der Waals surface area contributed by atoms with E-state index >= 15 is 0 Å². The summed E-state index contributed by atoms with van der Waals surface area (Å²) in [5, 5.41) is 3.11. The molecule has 0 aliphatic heterocycles. The molecule has 0 saturated heterocycles. The van der Waals surface area contributed by atoms with E-state index in [1.165, 1.54) is 12.1 Å². The van der Waals surface area contributed by atoms with Crippen LogP contribution in [-0.4, -0.2) is 4.98 Å². The van der Waals surface area contributed by atoms with Crippen LogP contribution >= 0.6 is 15.9 Å². The maximum atomic E-state index is 13.9. The Balaban J connectivity index is 1.96. The Morgan fingerprint density at radius 1 is 1.29 bits per heavy atom.